The first-order valence-electron chi connectivity index (χ1n) is 22.2. The van der Waals surface area contributed by atoms with Gasteiger partial charge in [-0.1, -0.05) is 145 Å². The van der Waals surface area contributed by atoms with Crippen molar-refractivity contribution in [1.29, 1.82) is 0 Å². The lowest BCUT2D eigenvalue weighted by molar-refractivity contribution is -0.870. The normalized spacial score (nSPS) is 14.5. The molecular weight excluding hydrogens is 721 g/mol. The topological polar surface area (TPSA) is 94.1 Å². The fourth-order valence-electron chi connectivity index (χ4n) is 5.57. The number of phosphoric ester groups is 1. The molecule has 0 fully saturated rings. The first-order valence-corrected chi connectivity index (χ1v) is 23.6. The second-order valence-electron chi connectivity index (χ2n) is 15.7. The molecule has 0 saturated carbocycles. The Morgan fingerprint density at radius 2 is 1.04 bits per heavy atom. The van der Waals surface area contributed by atoms with Crippen LogP contribution in [-0.2, 0) is 27.9 Å². The van der Waals surface area contributed by atoms with Gasteiger partial charge in [0, 0.05) is 13.0 Å². The summed E-state index contributed by atoms with van der Waals surface area (Å²) in [7, 11) is 1.31. The second kappa shape index (κ2) is 39.8. The van der Waals surface area contributed by atoms with Crippen LogP contribution in [0, 0.1) is 0 Å². The quantitative estimate of drug-likeness (QED) is 0.0200. The number of carbonyl (C=O) groups excluding carboxylic acids is 1. The minimum atomic E-state index is -4.54. The highest BCUT2D eigenvalue weighted by atomic mass is 31.2. The summed E-state index contributed by atoms with van der Waals surface area (Å²) in [5, 5.41) is 0. The van der Waals surface area contributed by atoms with Crippen LogP contribution in [0.25, 0.3) is 0 Å². The molecule has 56 heavy (non-hydrogen) atoms. The summed E-state index contributed by atoms with van der Waals surface area (Å²) in [6.07, 6.45) is 50.6. The third kappa shape index (κ3) is 43.1. The molecule has 0 aromatic heterocycles. The first-order chi connectivity index (χ1) is 27.1. The molecule has 0 heterocycles. The molecule has 8 nitrogen and oxygen atoms in total. The molecule has 0 spiro atoms. The summed E-state index contributed by atoms with van der Waals surface area (Å²) in [6, 6.07) is 0. The van der Waals surface area contributed by atoms with Crippen LogP contribution in [0.15, 0.2) is 72.9 Å². The van der Waals surface area contributed by atoms with Crippen LogP contribution in [-0.4, -0.2) is 70.7 Å². The number of nitrogens with zero attached hydrogens (tertiary/aromatic N) is 1. The standard InChI is InChI=1S/C47H84NO7P/c1-6-8-10-12-14-16-18-20-22-24-25-27-29-31-33-35-37-39-42-52-44-46(45-54-56(50,51)53-43-41-48(3,4)5)55-47(49)40-38-36-34-32-30-28-26-23-21-19-17-15-13-11-9-7-2/h8,10,14,16,20,22-23,25-27,31,33,46H,6-7,9,11-13,15,17-19,21,24,28-30,32,34-45H2,1-5H3/b10-8-,16-14-,22-20-,26-23-,27-25-,33-31-. The molecular formula is C47H84NO7P. The summed E-state index contributed by atoms with van der Waals surface area (Å²) in [6.45, 7) is 5.15. The van der Waals surface area contributed by atoms with Crippen LogP contribution in [0.4, 0.5) is 0 Å². The van der Waals surface area contributed by atoms with Crippen molar-refractivity contribution in [3.05, 3.63) is 72.9 Å². The fourth-order valence-corrected chi connectivity index (χ4v) is 6.29. The van der Waals surface area contributed by atoms with Gasteiger partial charge in [-0.25, -0.2) is 0 Å². The number of phosphoric acid groups is 1. The molecule has 0 bridgehead atoms. The van der Waals surface area contributed by atoms with E-state index in [1.165, 1.54) is 57.8 Å². The minimum absolute atomic E-state index is 0.0126. The molecule has 0 aliphatic carbocycles. The summed E-state index contributed by atoms with van der Waals surface area (Å²) < 4.78 is 34.5. The van der Waals surface area contributed by atoms with E-state index in [1.54, 1.807) is 0 Å². The maximum atomic E-state index is 12.7. The zero-order chi connectivity index (χ0) is 41.3. The lowest BCUT2D eigenvalue weighted by atomic mass is 10.1. The van der Waals surface area contributed by atoms with Gasteiger partial charge in [0.15, 0.2) is 0 Å². The highest BCUT2D eigenvalue weighted by Gasteiger charge is 2.20. The van der Waals surface area contributed by atoms with Gasteiger partial charge in [0.2, 0.25) is 0 Å². The van der Waals surface area contributed by atoms with E-state index in [0.29, 0.717) is 17.6 Å². The van der Waals surface area contributed by atoms with Crippen molar-refractivity contribution in [3.8, 4) is 0 Å². The number of carbonyl (C=O) groups is 1. The van der Waals surface area contributed by atoms with Gasteiger partial charge >= 0.3 is 5.97 Å². The highest BCUT2D eigenvalue weighted by Crippen LogP contribution is 2.38. The van der Waals surface area contributed by atoms with E-state index in [0.717, 1.165) is 83.5 Å². The van der Waals surface area contributed by atoms with Crippen LogP contribution < -0.4 is 4.89 Å². The van der Waals surface area contributed by atoms with E-state index < -0.39 is 13.9 Å². The van der Waals surface area contributed by atoms with E-state index in [9.17, 15) is 14.3 Å². The number of ether oxygens (including phenoxy) is 2. The molecule has 0 aliphatic heterocycles. The number of esters is 1. The van der Waals surface area contributed by atoms with Crippen molar-refractivity contribution in [2.45, 2.75) is 168 Å². The average molecular weight is 806 g/mol. The number of quaternary nitrogens is 1. The Hall–Kier alpha value is -2.06. The Morgan fingerprint density at radius 1 is 0.571 bits per heavy atom. The molecule has 0 amide bonds. The molecule has 0 radical (unpaired) electrons. The Kier molecular flexibility index (Phi) is 38.3. The van der Waals surface area contributed by atoms with Crippen molar-refractivity contribution in [1.82, 2.24) is 0 Å². The second-order valence-corrected chi connectivity index (χ2v) is 17.1. The summed E-state index contributed by atoms with van der Waals surface area (Å²) in [5.41, 5.74) is 0. The maximum Gasteiger partial charge on any atom is 0.306 e. The van der Waals surface area contributed by atoms with Gasteiger partial charge in [0.25, 0.3) is 7.82 Å². The SMILES string of the molecule is CC/C=C\C/C=C\C/C=C\C/C=C\C/C=C\CCCCOCC(COP(=O)([O-])OCC[N+](C)(C)C)OC(=O)CCCCCCC/C=C\CCCCCCCCC. The molecule has 2 atom stereocenters. The zero-order valence-electron chi connectivity index (χ0n) is 36.6. The van der Waals surface area contributed by atoms with Gasteiger partial charge in [0.1, 0.15) is 19.3 Å². The number of hydrogen-bond donors (Lipinski definition) is 0. The Morgan fingerprint density at radius 3 is 1.57 bits per heavy atom. The summed E-state index contributed by atoms with van der Waals surface area (Å²) in [4.78, 5) is 25.0. The monoisotopic (exact) mass is 806 g/mol. The van der Waals surface area contributed by atoms with Gasteiger partial charge in [-0.15, -0.1) is 0 Å². The molecule has 324 valence electrons. The number of unbranched alkanes of at least 4 members (excludes halogenated alkanes) is 14. The van der Waals surface area contributed by atoms with Crippen LogP contribution >= 0.6 is 7.82 Å². The molecule has 0 aromatic rings. The minimum Gasteiger partial charge on any atom is -0.756 e. The van der Waals surface area contributed by atoms with Crippen molar-refractivity contribution < 1.29 is 37.3 Å². The third-order valence-electron chi connectivity index (χ3n) is 8.99. The number of likely N-dealkylation sites (N-methyl/N-ethyl adjacent to an activating group) is 1. The molecule has 0 saturated heterocycles. The molecule has 0 N–H and O–H groups in total. The van der Waals surface area contributed by atoms with Gasteiger partial charge in [-0.05, 0) is 83.5 Å². The Labute approximate surface area is 344 Å². The fraction of sp³-hybridized carbons (Fsp3) is 0.723. The highest BCUT2D eigenvalue weighted by molar-refractivity contribution is 7.45. The van der Waals surface area contributed by atoms with Crippen molar-refractivity contribution >= 4 is 13.8 Å². The summed E-state index contributed by atoms with van der Waals surface area (Å²) >= 11 is 0. The number of allylic oxidation sites excluding steroid dienone is 12. The third-order valence-corrected chi connectivity index (χ3v) is 9.96. The Bertz CT molecular complexity index is 1120. The zero-order valence-corrected chi connectivity index (χ0v) is 37.5. The molecule has 0 aromatic carbocycles. The smallest absolute Gasteiger partial charge is 0.306 e. The van der Waals surface area contributed by atoms with E-state index >= 15 is 0 Å². The van der Waals surface area contributed by atoms with Crippen LogP contribution in [0.3, 0.4) is 0 Å². The predicted octanol–water partition coefficient (Wildman–Crippen LogP) is 12.5. The molecule has 9 heteroatoms. The molecule has 0 rings (SSSR count). The summed E-state index contributed by atoms with van der Waals surface area (Å²) in [5.74, 6) is -0.361. The van der Waals surface area contributed by atoms with E-state index in [1.807, 2.05) is 21.1 Å². The average Bonchev–Trinajstić information content (AvgIpc) is 3.15. The van der Waals surface area contributed by atoms with Crippen molar-refractivity contribution in [2.24, 2.45) is 0 Å². The van der Waals surface area contributed by atoms with Crippen LogP contribution in [0.5, 0.6) is 0 Å². The number of rotatable bonds is 40. The maximum absolute atomic E-state index is 12.7. The molecule has 2 unspecified atom stereocenters. The van der Waals surface area contributed by atoms with Crippen LogP contribution in [0.2, 0.25) is 0 Å². The van der Waals surface area contributed by atoms with Crippen molar-refractivity contribution in [3.63, 3.8) is 0 Å². The number of hydrogen-bond acceptors (Lipinski definition) is 7. The lowest BCUT2D eigenvalue weighted by Gasteiger charge is -2.28. The van der Waals surface area contributed by atoms with Gasteiger partial charge in [-0.3, -0.25) is 9.36 Å². The first kappa shape index (κ1) is 53.9. The van der Waals surface area contributed by atoms with Gasteiger partial charge in [0.05, 0.1) is 34.4 Å². The predicted molar refractivity (Wildman–Crippen MR) is 235 cm³/mol. The van der Waals surface area contributed by atoms with E-state index in [2.05, 4.69) is 86.8 Å². The largest absolute Gasteiger partial charge is 0.756 e. The lowest BCUT2D eigenvalue weighted by Crippen LogP contribution is -2.37. The van der Waals surface area contributed by atoms with Crippen LogP contribution in [0.1, 0.15) is 162 Å². The van der Waals surface area contributed by atoms with E-state index in [4.69, 9.17) is 18.5 Å². The van der Waals surface area contributed by atoms with Gasteiger partial charge < -0.3 is 27.9 Å². The molecule has 0 aliphatic rings. The Balaban J connectivity index is 4.35. The van der Waals surface area contributed by atoms with E-state index in [-0.39, 0.29) is 32.2 Å². The van der Waals surface area contributed by atoms with Gasteiger partial charge in [-0.2, -0.15) is 0 Å². The van der Waals surface area contributed by atoms with Crippen molar-refractivity contribution in [2.75, 3.05) is 54.1 Å².